The second-order valence-corrected chi connectivity index (χ2v) is 6.01. The fourth-order valence-electron chi connectivity index (χ4n) is 3.35. The van der Waals surface area contributed by atoms with Crippen LogP contribution in [0.4, 0.5) is 0 Å². The summed E-state index contributed by atoms with van der Waals surface area (Å²) in [4.78, 5) is 6.73. The Hall–Kier alpha value is -2.31. The summed E-state index contributed by atoms with van der Waals surface area (Å²) in [6, 6.07) is 8.52. The molecule has 24 heavy (non-hydrogen) atoms. The summed E-state index contributed by atoms with van der Waals surface area (Å²) in [6.07, 6.45) is 3.76. The van der Waals surface area contributed by atoms with E-state index in [-0.39, 0.29) is 6.79 Å². The second kappa shape index (κ2) is 6.67. The molecule has 3 heterocycles. The Balaban J connectivity index is 1.59. The highest BCUT2D eigenvalue weighted by atomic mass is 16.7. The van der Waals surface area contributed by atoms with Gasteiger partial charge >= 0.3 is 0 Å². The van der Waals surface area contributed by atoms with E-state index in [1.165, 1.54) is 5.56 Å². The number of nitrogens with zero attached hydrogens (tertiary/aromatic N) is 2. The van der Waals surface area contributed by atoms with Crippen molar-refractivity contribution in [2.75, 3.05) is 33.5 Å². The first-order chi connectivity index (χ1) is 11.8. The smallest absolute Gasteiger partial charge is 0.231 e. The predicted molar refractivity (Wildman–Crippen MR) is 89.4 cm³/mol. The number of hydrogen-bond acceptors (Lipinski definition) is 6. The number of hydrogen-bond donors (Lipinski definition) is 1. The van der Waals surface area contributed by atoms with E-state index in [0.717, 1.165) is 43.2 Å². The third-order valence-corrected chi connectivity index (χ3v) is 4.53. The van der Waals surface area contributed by atoms with E-state index >= 15 is 0 Å². The molecule has 1 fully saturated rings. The van der Waals surface area contributed by atoms with Crippen molar-refractivity contribution in [1.82, 2.24) is 15.2 Å². The molecule has 1 N–H and O–H groups in total. The van der Waals surface area contributed by atoms with Gasteiger partial charge in [-0.05, 0) is 29.3 Å². The first-order valence-corrected chi connectivity index (χ1v) is 8.16. The Kier molecular flexibility index (Phi) is 4.23. The van der Waals surface area contributed by atoms with Gasteiger partial charge in [0.25, 0.3) is 0 Å². The van der Waals surface area contributed by atoms with Crippen LogP contribution in [0.5, 0.6) is 17.2 Å². The molecule has 4 rings (SSSR count). The van der Waals surface area contributed by atoms with Gasteiger partial charge in [-0.3, -0.25) is 9.88 Å². The van der Waals surface area contributed by atoms with Crippen molar-refractivity contribution in [3.05, 3.63) is 47.8 Å². The summed E-state index contributed by atoms with van der Waals surface area (Å²) in [7, 11) is 1.66. The monoisotopic (exact) mass is 327 g/mol. The number of ether oxygens (including phenoxy) is 3. The van der Waals surface area contributed by atoms with Gasteiger partial charge in [-0.1, -0.05) is 6.07 Å². The van der Waals surface area contributed by atoms with Crippen LogP contribution in [0.3, 0.4) is 0 Å². The van der Waals surface area contributed by atoms with Gasteiger partial charge in [-0.15, -0.1) is 0 Å². The lowest BCUT2D eigenvalue weighted by Crippen LogP contribution is -2.45. The summed E-state index contributed by atoms with van der Waals surface area (Å²) in [5.41, 5.74) is 2.39. The van der Waals surface area contributed by atoms with Crippen molar-refractivity contribution in [2.45, 2.75) is 12.6 Å². The topological polar surface area (TPSA) is 55.9 Å². The third kappa shape index (κ3) is 2.90. The lowest BCUT2D eigenvalue weighted by Gasteiger charge is -2.36. The molecule has 1 aromatic heterocycles. The van der Waals surface area contributed by atoms with E-state index < -0.39 is 0 Å². The zero-order valence-electron chi connectivity index (χ0n) is 13.7. The highest BCUT2D eigenvalue weighted by molar-refractivity contribution is 5.55. The normalized spacial score (nSPS) is 20.1. The fourth-order valence-corrected chi connectivity index (χ4v) is 3.35. The molecular weight excluding hydrogens is 306 g/mol. The molecule has 1 unspecified atom stereocenters. The molecule has 1 saturated heterocycles. The minimum atomic E-state index is 0.251. The molecule has 2 aliphatic heterocycles. The highest BCUT2D eigenvalue weighted by Gasteiger charge is 2.26. The van der Waals surface area contributed by atoms with Gasteiger partial charge < -0.3 is 19.5 Å². The summed E-state index contributed by atoms with van der Waals surface area (Å²) in [6.45, 7) is 3.97. The van der Waals surface area contributed by atoms with Gasteiger partial charge in [0.15, 0.2) is 11.5 Å². The van der Waals surface area contributed by atoms with Gasteiger partial charge in [0, 0.05) is 44.6 Å². The molecule has 6 heteroatoms. The van der Waals surface area contributed by atoms with E-state index in [0.29, 0.717) is 11.8 Å². The molecule has 0 radical (unpaired) electrons. The zero-order chi connectivity index (χ0) is 16.4. The number of piperazine rings is 1. The van der Waals surface area contributed by atoms with E-state index in [1.54, 1.807) is 7.11 Å². The average Bonchev–Trinajstić information content (AvgIpc) is 3.11. The standard InChI is InChI=1S/C18H21N3O3/c1-22-16-7-13(8-17-18(16)24-12-23-17)11-21-6-5-20-10-15(21)14-3-2-4-19-9-14/h2-4,7-9,15,20H,5-6,10-12H2,1H3. The lowest BCUT2D eigenvalue weighted by molar-refractivity contribution is 0.153. The molecule has 126 valence electrons. The quantitative estimate of drug-likeness (QED) is 0.926. The Morgan fingerprint density at radius 3 is 3.17 bits per heavy atom. The van der Waals surface area contributed by atoms with Crippen LogP contribution in [-0.4, -0.2) is 43.4 Å². The Bertz CT molecular complexity index is 708. The number of nitrogens with one attached hydrogen (secondary N) is 1. The van der Waals surface area contributed by atoms with Crippen molar-refractivity contribution in [2.24, 2.45) is 0 Å². The highest BCUT2D eigenvalue weighted by Crippen LogP contribution is 2.42. The summed E-state index contributed by atoms with van der Waals surface area (Å²) in [5, 5.41) is 3.47. The summed E-state index contributed by atoms with van der Waals surface area (Å²) < 4.78 is 16.5. The molecule has 2 aliphatic rings. The van der Waals surface area contributed by atoms with E-state index in [2.05, 4.69) is 21.3 Å². The van der Waals surface area contributed by atoms with Crippen molar-refractivity contribution >= 4 is 0 Å². The largest absolute Gasteiger partial charge is 0.493 e. The molecule has 6 nitrogen and oxygen atoms in total. The van der Waals surface area contributed by atoms with Crippen LogP contribution in [0.15, 0.2) is 36.7 Å². The number of methoxy groups -OCH3 is 1. The molecule has 2 aromatic rings. The maximum atomic E-state index is 5.54. The minimum absolute atomic E-state index is 0.251. The number of benzene rings is 1. The van der Waals surface area contributed by atoms with E-state index in [4.69, 9.17) is 14.2 Å². The van der Waals surface area contributed by atoms with Crippen LogP contribution >= 0.6 is 0 Å². The third-order valence-electron chi connectivity index (χ3n) is 4.53. The van der Waals surface area contributed by atoms with Gasteiger partial charge in [0.1, 0.15) is 0 Å². The summed E-state index contributed by atoms with van der Waals surface area (Å²) >= 11 is 0. The average molecular weight is 327 g/mol. The van der Waals surface area contributed by atoms with Crippen LogP contribution < -0.4 is 19.5 Å². The van der Waals surface area contributed by atoms with E-state index in [9.17, 15) is 0 Å². The van der Waals surface area contributed by atoms with Gasteiger partial charge in [-0.25, -0.2) is 0 Å². The first-order valence-electron chi connectivity index (χ1n) is 8.16. The fraction of sp³-hybridized carbons (Fsp3) is 0.389. The molecule has 0 aliphatic carbocycles. The summed E-state index contributed by atoms with van der Waals surface area (Å²) in [5.74, 6) is 2.19. The molecule has 0 saturated carbocycles. The van der Waals surface area contributed by atoms with Gasteiger partial charge in [0.2, 0.25) is 12.5 Å². The van der Waals surface area contributed by atoms with Gasteiger partial charge in [0.05, 0.1) is 7.11 Å². The minimum Gasteiger partial charge on any atom is -0.493 e. The van der Waals surface area contributed by atoms with Crippen molar-refractivity contribution in [3.8, 4) is 17.2 Å². The van der Waals surface area contributed by atoms with Gasteiger partial charge in [-0.2, -0.15) is 0 Å². The Morgan fingerprint density at radius 2 is 2.33 bits per heavy atom. The molecule has 1 aromatic carbocycles. The number of rotatable bonds is 4. The molecule has 0 bridgehead atoms. The number of fused-ring (bicyclic) bond motifs is 1. The maximum Gasteiger partial charge on any atom is 0.231 e. The molecule has 0 spiro atoms. The number of aromatic nitrogens is 1. The molecule has 0 amide bonds. The van der Waals surface area contributed by atoms with Crippen LogP contribution in [0, 0.1) is 0 Å². The molecule has 1 atom stereocenters. The van der Waals surface area contributed by atoms with Crippen molar-refractivity contribution in [1.29, 1.82) is 0 Å². The van der Waals surface area contributed by atoms with Crippen molar-refractivity contribution in [3.63, 3.8) is 0 Å². The second-order valence-electron chi connectivity index (χ2n) is 6.01. The van der Waals surface area contributed by atoms with Crippen molar-refractivity contribution < 1.29 is 14.2 Å². The Labute approximate surface area is 141 Å². The number of pyridine rings is 1. The zero-order valence-corrected chi connectivity index (χ0v) is 13.7. The van der Waals surface area contributed by atoms with E-state index in [1.807, 2.05) is 30.6 Å². The first kappa shape index (κ1) is 15.2. The van der Waals surface area contributed by atoms with Crippen LogP contribution in [0.2, 0.25) is 0 Å². The lowest BCUT2D eigenvalue weighted by atomic mass is 10.0. The van der Waals surface area contributed by atoms with Crippen LogP contribution in [0.1, 0.15) is 17.2 Å². The van der Waals surface area contributed by atoms with Crippen LogP contribution in [-0.2, 0) is 6.54 Å². The SMILES string of the molecule is COc1cc(CN2CCNCC2c2cccnc2)cc2c1OCO2. The Morgan fingerprint density at radius 1 is 1.38 bits per heavy atom. The predicted octanol–water partition coefficient (Wildman–Crippen LogP) is 1.97. The maximum absolute atomic E-state index is 5.54. The van der Waals surface area contributed by atoms with Crippen LogP contribution in [0.25, 0.3) is 0 Å². The molecular formula is C18H21N3O3.